The fourth-order valence-electron chi connectivity index (χ4n) is 3.73. The molecule has 2 aliphatic carbocycles. The molecule has 2 aromatic heterocycles. The van der Waals surface area contributed by atoms with E-state index in [0.29, 0.717) is 6.04 Å². The van der Waals surface area contributed by atoms with Crippen molar-refractivity contribution in [3.8, 4) is 0 Å². The Morgan fingerprint density at radius 1 is 1.11 bits per heavy atom. The molecule has 0 aromatic carbocycles. The van der Waals surface area contributed by atoms with Gasteiger partial charge in [-0.2, -0.15) is 0 Å². The SMILES string of the molecule is OC1CCCc2c1ccn2C1CCCc2sccc21. The van der Waals surface area contributed by atoms with Crippen LogP contribution in [-0.2, 0) is 12.8 Å². The molecule has 100 valence electrons. The average molecular weight is 273 g/mol. The number of aromatic nitrogens is 1. The molecule has 2 aromatic rings. The van der Waals surface area contributed by atoms with E-state index >= 15 is 0 Å². The molecule has 4 rings (SSSR count). The molecule has 0 saturated heterocycles. The van der Waals surface area contributed by atoms with E-state index in [9.17, 15) is 5.11 Å². The van der Waals surface area contributed by atoms with Crippen LogP contribution in [0, 0.1) is 0 Å². The molecule has 19 heavy (non-hydrogen) atoms. The molecule has 0 fully saturated rings. The lowest BCUT2D eigenvalue weighted by Gasteiger charge is -2.28. The molecule has 2 unspecified atom stereocenters. The van der Waals surface area contributed by atoms with Crippen LogP contribution in [0.4, 0.5) is 0 Å². The van der Waals surface area contributed by atoms with Crippen molar-refractivity contribution in [2.75, 3.05) is 0 Å². The molecule has 2 aliphatic rings. The van der Waals surface area contributed by atoms with Gasteiger partial charge in [0.1, 0.15) is 0 Å². The highest BCUT2D eigenvalue weighted by atomic mass is 32.1. The second kappa shape index (κ2) is 4.50. The second-order valence-corrected chi connectivity index (χ2v) is 6.74. The topological polar surface area (TPSA) is 25.2 Å². The zero-order chi connectivity index (χ0) is 12.8. The van der Waals surface area contributed by atoms with Crippen molar-refractivity contribution in [1.82, 2.24) is 4.57 Å². The quantitative estimate of drug-likeness (QED) is 0.839. The molecule has 0 saturated carbocycles. The van der Waals surface area contributed by atoms with Gasteiger partial charge in [0, 0.05) is 22.3 Å². The Labute approximate surface area is 117 Å². The molecule has 0 bridgehead atoms. The van der Waals surface area contributed by atoms with Gasteiger partial charge in [-0.1, -0.05) is 0 Å². The molecular weight excluding hydrogens is 254 g/mol. The van der Waals surface area contributed by atoms with Crippen LogP contribution in [0.15, 0.2) is 23.7 Å². The summed E-state index contributed by atoms with van der Waals surface area (Å²) in [5.41, 5.74) is 4.08. The lowest BCUT2D eigenvalue weighted by molar-refractivity contribution is 0.155. The summed E-state index contributed by atoms with van der Waals surface area (Å²) in [5, 5.41) is 12.3. The van der Waals surface area contributed by atoms with Gasteiger partial charge in [0.2, 0.25) is 0 Å². The fraction of sp³-hybridized carbons (Fsp3) is 0.500. The van der Waals surface area contributed by atoms with E-state index in [-0.39, 0.29) is 6.10 Å². The lowest BCUT2D eigenvalue weighted by atomic mass is 9.91. The first kappa shape index (κ1) is 11.7. The van der Waals surface area contributed by atoms with Gasteiger partial charge in [-0.15, -0.1) is 11.3 Å². The Bertz CT molecular complexity index is 598. The third-order valence-electron chi connectivity index (χ3n) is 4.67. The molecule has 0 amide bonds. The summed E-state index contributed by atoms with van der Waals surface area (Å²) in [5.74, 6) is 0. The Kier molecular flexibility index (Phi) is 2.78. The van der Waals surface area contributed by atoms with E-state index in [1.165, 1.54) is 36.1 Å². The van der Waals surface area contributed by atoms with Crippen molar-refractivity contribution < 1.29 is 5.11 Å². The second-order valence-electron chi connectivity index (χ2n) is 5.74. The van der Waals surface area contributed by atoms with Crippen LogP contribution in [0.25, 0.3) is 0 Å². The highest BCUT2D eigenvalue weighted by Crippen LogP contribution is 2.39. The van der Waals surface area contributed by atoms with Crippen LogP contribution >= 0.6 is 11.3 Å². The summed E-state index contributed by atoms with van der Waals surface area (Å²) in [7, 11) is 0. The van der Waals surface area contributed by atoms with Crippen molar-refractivity contribution in [2.24, 2.45) is 0 Å². The van der Waals surface area contributed by atoms with E-state index < -0.39 is 0 Å². The van der Waals surface area contributed by atoms with Crippen LogP contribution in [0.3, 0.4) is 0 Å². The molecule has 2 atom stereocenters. The maximum absolute atomic E-state index is 10.1. The van der Waals surface area contributed by atoms with Gasteiger partial charge in [-0.05, 0) is 61.6 Å². The Morgan fingerprint density at radius 3 is 2.95 bits per heavy atom. The molecule has 3 heteroatoms. The van der Waals surface area contributed by atoms with Gasteiger partial charge < -0.3 is 9.67 Å². The first-order valence-electron chi connectivity index (χ1n) is 7.28. The Hall–Kier alpha value is -1.06. The number of thiophene rings is 1. The molecule has 2 heterocycles. The van der Waals surface area contributed by atoms with Gasteiger partial charge in [0.15, 0.2) is 0 Å². The molecule has 0 aliphatic heterocycles. The largest absolute Gasteiger partial charge is 0.388 e. The van der Waals surface area contributed by atoms with Gasteiger partial charge in [-0.3, -0.25) is 0 Å². The molecule has 0 radical (unpaired) electrons. The van der Waals surface area contributed by atoms with Crippen molar-refractivity contribution in [2.45, 2.75) is 50.7 Å². The average Bonchev–Trinajstić information content (AvgIpc) is 3.05. The number of aliphatic hydroxyl groups is 1. The normalized spacial score (nSPS) is 25.9. The van der Waals surface area contributed by atoms with Gasteiger partial charge >= 0.3 is 0 Å². The van der Waals surface area contributed by atoms with Crippen LogP contribution in [-0.4, -0.2) is 9.67 Å². The van der Waals surface area contributed by atoms with Crippen LogP contribution in [0.1, 0.15) is 59.5 Å². The van der Waals surface area contributed by atoms with Crippen LogP contribution in [0.2, 0.25) is 0 Å². The molecular formula is C16H19NOS. The number of fused-ring (bicyclic) bond motifs is 2. The lowest BCUT2D eigenvalue weighted by Crippen LogP contribution is -2.19. The number of aryl methyl sites for hydroxylation is 1. The van der Waals surface area contributed by atoms with E-state index in [0.717, 1.165) is 19.3 Å². The van der Waals surface area contributed by atoms with Crippen LogP contribution < -0.4 is 0 Å². The highest BCUT2D eigenvalue weighted by Gasteiger charge is 2.28. The predicted molar refractivity (Wildman–Crippen MR) is 77.7 cm³/mol. The van der Waals surface area contributed by atoms with Gasteiger partial charge in [0.05, 0.1) is 12.1 Å². The third-order valence-corrected chi connectivity index (χ3v) is 5.66. The standard InChI is InChI=1S/C16H19NOS/c18-15-5-1-3-13-11(15)7-9-17(13)14-4-2-6-16-12(14)8-10-19-16/h7-10,14-15,18H,1-6H2. The predicted octanol–water partition coefficient (Wildman–Crippen LogP) is 3.85. The number of hydrogen-bond acceptors (Lipinski definition) is 2. The van der Waals surface area contributed by atoms with Crippen LogP contribution in [0.5, 0.6) is 0 Å². The minimum absolute atomic E-state index is 0.240. The summed E-state index contributed by atoms with van der Waals surface area (Å²) >= 11 is 1.90. The number of aliphatic hydroxyl groups excluding tert-OH is 1. The monoisotopic (exact) mass is 273 g/mol. The smallest absolute Gasteiger partial charge is 0.0807 e. The maximum atomic E-state index is 10.1. The third kappa shape index (κ3) is 1.79. The van der Waals surface area contributed by atoms with E-state index in [2.05, 4.69) is 28.3 Å². The summed E-state index contributed by atoms with van der Waals surface area (Å²) in [6, 6.07) is 4.94. The summed E-state index contributed by atoms with van der Waals surface area (Å²) in [4.78, 5) is 1.56. The number of hydrogen-bond donors (Lipinski definition) is 1. The zero-order valence-electron chi connectivity index (χ0n) is 11.0. The number of rotatable bonds is 1. The minimum Gasteiger partial charge on any atom is -0.388 e. The number of nitrogens with zero attached hydrogens (tertiary/aromatic N) is 1. The molecule has 2 nitrogen and oxygen atoms in total. The van der Waals surface area contributed by atoms with Gasteiger partial charge in [0.25, 0.3) is 0 Å². The summed E-state index contributed by atoms with van der Waals surface area (Å²) in [6.07, 6.45) is 8.89. The first-order valence-corrected chi connectivity index (χ1v) is 8.16. The minimum atomic E-state index is -0.240. The van der Waals surface area contributed by atoms with Crippen molar-refractivity contribution in [3.05, 3.63) is 45.4 Å². The van der Waals surface area contributed by atoms with Crippen molar-refractivity contribution >= 4 is 11.3 Å². The Balaban J connectivity index is 1.79. The first-order chi connectivity index (χ1) is 9.34. The van der Waals surface area contributed by atoms with Crippen molar-refractivity contribution in [3.63, 3.8) is 0 Å². The summed E-state index contributed by atoms with van der Waals surface area (Å²) < 4.78 is 2.45. The van der Waals surface area contributed by atoms with E-state index in [1.54, 1.807) is 4.88 Å². The zero-order valence-corrected chi connectivity index (χ0v) is 11.8. The Morgan fingerprint density at radius 2 is 2.00 bits per heavy atom. The van der Waals surface area contributed by atoms with E-state index in [1.807, 2.05) is 11.3 Å². The van der Waals surface area contributed by atoms with E-state index in [4.69, 9.17) is 0 Å². The van der Waals surface area contributed by atoms with Gasteiger partial charge in [-0.25, -0.2) is 0 Å². The maximum Gasteiger partial charge on any atom is 0.0807 e. The molecule has 1 N–H and O–H groups in total. The highest BCUT2D eigenvalue weighted by molar-refractivity contribution is 7.10. The fourth-order valence-corrected chi connectivity index (χ4v) is 4.72. The molecule has 0 spiro atoms. The summed E-state index contributed by atoms with van der Waals surface area (Å²) in [6.45, 7) is 0. The van der Waals surface area contributed by atoms with Crippen molar-refractivity contribution in [1.29, 1.82) is 0 Å².